The number of hydrogen-bond acceptors (Lipinski definition) is 4. The lowest BCUT2D eigenvalue weighted by Gasteiger charge is -2.19. The molecule has 0 unspecified atom stereocenters. The molecule has 1 aliphatic carbocycles. The van der Waals surface area contributed by atoms with Crippen molar-refractivity contribution in [2.75, 3.05) is 7.11 Å². The minimum absolute atomic E-state index is 0.180. The third-order valence-corrected chi connectivity index (χ3v) is 3.95. The summed E-state index contributed by atoms with van der Waals surface area (Å²) in [6, 6.07) is 0. The molecule has 1 saturated carbocycles. The zero-order valence-corrected chi connectivity index (χ0v) is 9.89. The SMILES string of the molecule is COc1nc(C(=O)C2(C)CCCC2)cs1. The van der Waals surface area contributed by atoms with E-state index in [1.165, 1.54) is 11.3 Å². The molecule has 0 saturated heterocycles. The molecule has 1 heterocycles. The van der Waals surface area contributed by atoms with E-state index in [1.54, 1.807) is 12.5 Å². The van der Waals surface area contributed by atoms with Crippen LogP contribution >= 0.6 is 11.3 Å². The second kappa shape index (κ2) is 3.93. The van der Waals surface area contributed by atoms with Gasteiger partial charge in [-0.3, -0.25) is 4.79 Å². The zero-order valence-electron chi connectivity index (χ0n) is 9.08. The first-order chi connectivity index (χ1) is 7.15. The maximum absolute atomic E-state index is 12.2. The van der Waals surface area contributed by atoms with Gasteiger partial charge in [0.25, 0.3) is 5.19 Å². The molecule has 3 nitrogen and oxygen atoms in total. The van der Waals surface area contributed by atoms with Gasteiger partial charge in [0.15, 0.2) is 5.78 Å². The van der Waals surface area contributed by atoms with Gasteiger partial charge in [-0.2, -0.15) is 4.98 Å². The Morgan fingerprint density at radius 3 is 2.73 bits per heavy atom. The summed E-state index contributed by atoms with van der Waals surface area (Å²) in [4.78, 5) is 16.4. The molecule has 4 heteroatoms. The van der Waals surface area contributed by atoms with Crippen LogP contribution in [0.5, 0.6) is 5.19 Å². The summed E-state index contributed by atoms with van der Waals surface area (Å²) in [5, 5.41) is 2.37. The average Bonchev–Trinajstić information content (AvgIpc) is 2.85. The number of Topliss-reactive ketones (excluding diaryl/α,β-unsaturated/α-hetero) is 1. The van der Waals surface area contributed by atoms with Crippen LogP contribution in [0.3, 0.4) is 0 Å². The number of carbonyl (C=O) groups excluding carboxylic acids is 1. The predicted octanol–water partition coefficient (Wildman–Crippen LogP) is 2.91. The van der Waals surface area contributed by atoms with Gasteiger partial charge >= 0.3 is 0 Å². The van der Waals surface area contributed by atoms with Crippen molar-refractivity contribution >= 4 is 17.1 Å². The molecule has 0 aliphatic heterocycles. The van der Waals surface area contributed by atoms with Crippen LogP contribution in [0.15, 0.2) is 5.38 Å². The van der Waals surface area contributed by atoms with Crippen molar-refractivity contribution < 1.29 is 9.53 Å². The van der Waals surface area contributed by atoms with E-state index in [1.807, 2.05) is 6.92 Å². The number of aromatic nitrogens is 1. The maximum atomic E-state index is 12.2. The first-order valence-electron chi connectivity index (χ1n) is 5.20. The number of nitrogens with zero attached hydrogens (tertiary/aromatic N) is 1. The van der Waals surface area contributed by atoms with Crippen LogP contribution in [-0.2, 0) is 0 Å². The van der Waals surface area contributed by atoms with Crippen molar-refractivity contribution in [2.45, 2.75) is 32.6 Å². The molecule has 0 aromatic carbocycles. The minimum Gasteiger partial charge on any atom is -0.473 e. The fourth-order valence-electron chi connectivity index (χ4n) is 2.15. The third-order valence-electron chi connectivity index (χ3n) is 3.15. The van der Waals surface area contributed by atoms with E-state index < -0.39 is 0 Å². The second-order valence-corrected chi connectivity index (χ2v) is 5.12. The van der Waals surface area contributed by atoms with Crippen molar-refractivity contribution in [3.8, 4) is 5.19 Å². The molecule has 1 fully saturated rings. The molecule has 0 bridgehead atoms. The van der Waals surface area contributed by atoms with Gasteiger partial charge in [-0.25, -0.2) is 0 Å². The number of methoxy groups -OCH3 is 1. The summed E-state index contributed by atoms with van der Waals surface area (Å²) in [6.07, 6.45) is 4.30. The highest BCUT2D eigenvalue weighted by atomic mass is 32.1. The third kappa shape index (κ3) is 1.91. The second-order valence-electron chi connectivity index (χ2n) is 4.30. The van der Waals surface area contributed by atoms with E-state index in [4.69, 9.17) is 4.74 Å². The Kier molecular flexibility index (Phi) is 2.78. The Morgan fingerprint density at radius 1 is 1.53 bits per heavy atom. The van der Waals surface area contributed by atoms with Gasteiger partial charge in [0.1, 0.15) is 5.69 Å². The topological polar surface area (TPSA) is 39.2 Å². The Morgan fingerprint density at radius 2 is 2.20 bits per heavy atom. The van der Waals surface area contributed by atoms with E-state index >= 15 is 0 Å². The fraction of sp³-hybridized carbons (Fsp3) is 0.636. The largest absolute Gasteiger partial charge is 0.473 e. The summed E-state index contributed by atoms with van der Waals surface area (Å²) in [5.74, 6) is 0.180. The van der Waals surface area contributed by atoms with Crippen LogP contribution in [-0.4, -0.2) is 17.9 Å². The van der Waals surface area contributed by atoms with Crippen molar-refractivity contribution in [3.05, 3.63) is 11.1 Å². The van der Waals surface area contributed by atoms with Crippen LogP contribution in [0, 0.1) is 5.41 Å². The van der Waals surface area contributed by atoms with Crippen LogP contribution in [0.4, 0.5) is 0 Å². The number of ether oxygens (including phenoxy) is 1. The monoisotopic (exact) mass is 225 g/mol. The van der Waals surface area contributed by atoms with Crippen LogP contribution < -0.4 is 4.74 Å². The Bertz CT molecular complexity index is 366. The van der Waals surface area contributed by atoms with E-state index in [2.05, 4.69) is 4.98 Å². The molecule has 82 valence electrons. The Balaban J connectivity index is 2.19. The van der Waals surface area contributed by atoms with E-state index in [0.717, 1.165) is 25.7 Å². The van der Waals surface area contributed by atoms with Gasteiger partial charge in [-0.15, -0.1) is 0 Å². The number of hydrogen-bond donors (Lipinski definition) is 0. The van der Waals surface area contributed by atoms with Gasteiger partial charge in [0.05, 0.1) is 7.11 Å². The van der Waals surface area contributed by atoms with Crippen LogP contribution in [0.2, 0.25) is 0 Å². The lowest BCUT2D eigenvalue weighted by atomic mass is 9.83. The maximum Gasteiger partial charge on any atom is 0.273 e. The Hall–Kier alpha value is -0.900. The van der Waals surface area contributed by atoms with E-state index in [9.17, 15) is 4.79 Å². The van der Waals surface area contributed by atoms with Gasteiger partial charge < -0.3 is 4.74 Å². The highest BCUT2D eigenvalue weighted by Gasteiger charge is 2.37. The summed E-state index contributed by atoms with van der Waals surface area (Å²) in [5.41, 5.74) is 0.389. The predicted molar refractivity (Wildman–Crippen MR) is 59.6 cm³/mol. The Labute approximate surface area is 93.5 Å². The van der Waals surface area contributed by atoms with E-state index in [-0.39, 0.29) is 11.2 Å². The smallest absolute Gasteiger partial charge is 0.273 e. The normalized spacial score (nSPS) is 19.1. The number of carbonyl (C=O) groups is 1. The van der Waals surface area contributed by atoms with Crippen molar-refractivity contribution in [1.29, 1.82) is 0 Å². The molecule has 0 radical (unpaired) electrons. The van der Waals surface area contributed by atoms with Crippen LogP contribution in [0.1, 0.15) is 43.1 Å². The number of thiazole rings is 1. The summed E-state index contributed by atoms with van der Waals surface area (Å²) < 4.78 is 5.00. The summed E-state index contributed by atoms with van der Waals surface area (Å²) in [7, 11) is 1.57. The highest BCUT2D eigenvalue weighted by molar-refractivity contribution is 7.11. The van der Waals surface area contributed by atoms with E-state index in [0.29, 0.717) is 10.9 Å². The van der Waals surface area contributed by atoms with Gasteiger partial charge in [-0.1, -0.05) is 31.1 Å². The lowest BCUT2D eigenvalue weighted by Crippen LogP contribution is -2.24. The molecule has 0 atom stereocenters. The quantitative estimate of drug-likeness (QED) is 0.742. The molecular weight excluding hydrogens is 210 g/mol. The standard InChI is InChI=1S/C11H15NO2S/c1-11(5-3-4-6-11)9(13)8-7-15-10(12-8)14-2/h7H,3-6H2,1-2H3. The van der Waals surface area contributed by atoms with Gasteiger partial charge in [0, 0.05) is 10.8 Å². The van der Waals surface area contributed by atoms with Crippen molar-refractivity contribution in [1.82, 2.24) is 4.98 Å². The highest BCUT2D eigenvalue weighted by Crippen LogP contribution is 2.40. The molecule has 0 N–H and O–H groups in total. The molecular formula is C11H15NO2S. The summed E-state index contributed by atoms with van der Waals surface area (Å²) >= 11 is 1.38. The number of rotatable bonds is 3. The zero-order chi connectivity index (χ0) is 10.9. The minimum atomic E-state index is -0.181. The molecule has 15 heavy (non-hydrogen) atoms. The molecule has 1 aromatic rings. The average molecular weight is 225 g/mol. The van der Waals surface area contributed by atoms with Crippen molar-refractivity contribution in [2.24, 2.45) is 5.41 Å². The summed E-state index contributed by atoms with van der Waals surface area (Å²) in [6.45, 7) is 2.05. The molecule has 2 rings (SSSR count). The van der Waals surface area contributed by atoms with Crippen molar-refractivity contribution in [3.63, 3.8) is 0 Å². The first-order valence-corrected chi connectivity index (χ1v) is 6.08. The molecule has 0 amide bonds. The molecule has 1 aromatic heterocycles. The van der Waals surface area contributed by atoms with Gasteiger partial charge in [0.2, 0.25) is 0 Å². The first kappa shape index (κ1) is 10.6. The lowest BCUT2D eigenvalue weighted by molar-refractivity contribution is 0.0818. The molecule has 1 aliphatic rings. The molecule has 0 spiro atoms. The van der Waals surface area contributed by atoms with Gasteiger partial charge in [-0.05, 0) is 12.8 Å². The van der Waals surface area contributed by atoms with Crippen LogP contribution in [0.25, 0.3) is 0 Å². The number of ketones is 1. The fourth-order valence-corrected chi connectivity index (χ4v) is 2.77.